The van der Waals surface area contributed by atoms with Gasteiger partial charge >= 0.3 is 0 Å². The van der Waals surface area contributed by atoms with Crippen LogP contribution in [0.25, 0.3) is 10.9 Å². The quantitative estimate of drug-likeness (QED) is 0.273. The first kappa shape index (κ1) is 18.7. The lowest BCUT2D eigenvalue weighted by Gasteiger charge is -2.25. The summed E-state index contributed by atoms with van der Waals surface area (Å²) < 4.78 is 5.25. The normalized spacial score (nSPS) is 13.6. The third-order valence-electron chi connectivity index (χ3n) is 3.95. The molecule has 1 aromatic heterocycles. The van der Waals surface area contributed by atoms with Gasteiger partial charge in [-0.2, -0.15) is 5.10 Å². The molecule has 8 nitrogen and oxygen atoms in total. The number of ether oxygens (including phenoxy) is 1. The van der Waals surface area contributed by atoms with E-state index in [1.807, 2.05) is 18.2 Å². The molecule has 0 saturated carbocycles. The summed E-state index contributed by atoms with van der Waals surface area (Å²) >= 11 is 0. The molecule has 0 aliphatic rings. The zero-order valence-electron chi connectivity index (χ0n) is 15.2. The van der Waals surface area contributed by atoms with Crippen molar-refractivity contribution in [1.29, 1.82) is 0 Å². The van der Waals surface area contributed by atoms with Crippen LogP contribution in [0.4, 0.5) is 5.82 Å². The highest BCUT2D eigenvalue weighted by molar-refractivity contribution is 5.94. The van der Waals surface area contributed by atoms with Crippen molar-refractivity contribution in [3.63, 3.8) is 0 Å². The Morgan fingerprint density at radius 1 is 1.32 bits per heavy atom. The second-order valence-electron chi connectivity index (χ2n) is 7.06. The largest absolute Gasteiger partial charge is 0.497 e. The molecule has 8 heteroatoms. The standard InChI is InChI=1S/C17H27N7O/c1-17(2,3)8-7-13(16(23-18)24-19)22-15-12-6-5-11(25-4)9-14(12)20-10-21-15/h5-6,9-10,13H,7-8,18-19H2,1-4H3,(H,23,24)(H,20,21,22). The molecule has 0 bridgehead atoms. The zero-order valence-corrected chi connectivity index (χ0v) is 15.2. The Labute approximate surface area is 148 Å². The van der Waals surface area contributed by atoms with E-state index in [-0.39, 0.29) is 11.5 Å². The highest BCUT2D eigenvalue weighted by Gasteiger charge is 2.21. The van der Waals surface area contributed by atoms with Gasteiger partial charge in [-0.05, 0) is 30.4 Å². The van der Waals surface area contributed by atoms with Crippen LogP contribution < -0.4 is 27.2 Å². The number of hydrazone groups is 1. The highest BCUT2D eigenvalue weighted by Crippen LogP contribution is 2.26. The Balaban J connectivity index is 2.32. The fraction of sp³-hybridized carbons (Fsp3) is 0.471. The number of fused-ring (bicyclic) bond motifs is 1. The van der Waals surface area contributed by atoms with Crippen molar-refractivity contribution < 1.29 is 4.74 Å². The molecule has 0 aliphatic carbocycles. The second kappa shape index (κ2) is 7.98. The van der Waals surface area contributed by atoms with Gasteiger partial charge in [0.15, 0.2) is 5.84 Å². The van der Waals surface area contributed by atoms with Crippen LogP contribution in [0.1, 0.15) is 33.6 Å². The smallest absolute Gasteiger partial charge is 0.158 e. The molecule has 2 rings (SSSR count). The monoisotopic (exact) mass is 345 g/mol. The number of benzene rings is 1. The lowest BCUT2D eigenvalue weighted by molar-refractivity contribution is 0.363. The summed E-state index contributed by atoms with van der Waals surface area (Å²) in [5.41, 5.74) is 3.54. The third kappa shape index (κ3) is 4.93. The maximum absolute atomic E-state index is 5.58. The molecule has 6 N–H and O–H groups in total. The summed E-state index contributed by atoms with van der Waals surface area (Å²) in [4.78, 5) is 8.67. The van der Waals surface area contributed by atoms with E-state index in [1.165, 1.54) is 6.33 Å². The first-order chi connectivity index (χ1) is 11.9. The summed E-state index contributed by atoms with van der Waals surface area (Å²) in [7, 11) is 1.63. The molecule has 0 aliphatic heterocycles. The van der Waals surface area contributed by atoms with Gasteiger partial charge in [0.05, 0.1) is 18.7 Å². The minimum atomic E-state index is -0.186. The maximum atomic E-state index is 5.58. The van der Waals surface area contributed by atoms with Gasteiger partial charge in [-0.3, -0.25) is 0 Å². The Morgan fingerprint density at radius 2 is 2.08 bits per heavy atom. The van der Waals surface area contributed by atoms with E-state index in [9.17, 15) is 0 Å². The Kier molecular flexibility index (Phi) is 5.97. The Hall–Kier alpha value is -2.61. The molecule has 0 fully saturated rings. The molecule has 1 heterocycles. The molecule has 0 amide bonds. The van der Waals surface area contributed by atoms with Gasteiger partial charge in [0.1, 0.15) is 17.9 Å². The number of nitrogens with two attached hydrogens (primary N) is 2. The molecule has 0 saturated heterocycles. The summed E-state index contributed by atoms with van der Waals surface area (Å²) in [6, 6.07) is 5.48. The van der Waals surface area contributed by atoms with Gasteiger partial charge in [0, 0.05) is 11.5 Å². The van der Waals surface area contributed by atoms with E-state index in [4.69, 9.17) is 16.4 Å². The number of amidine groups is 1. The van der Waals surface area contributed by atoms with E-state index in [0.29, 0.717) is 11.7 Å². The number of hydrogen-bond donors (Lipinski definition) is 4. The summed E-state index contributed by atoms with van der Waals surface area (Å²) in [5, 5.41) is 8.04. The predicted octanol–water partition coefficient (Wildman–Crippen LogP) is 1.98. The SMILES string of the molecule is COc1ccc2c(NC(CCC(C)(C)C)/C(=N/N)NN)ncnc2c1. The Morgan fingerprint density at radius 3 is 2.68 bits per heavy atom. The first-order valence-corrected chi connectivity index (χ1v) is 8.17. The van der Waals surface area contributed by atoms with Crippen molar-refractivity contribution in [2.45, 2.75) is 39.7 Å². The number of nitrogens with zero attached hydrogens (tertiary/aromatic N) is 3. The maximum Gasteiger partial charge on any atom is 0.158 e. The second-order valence-corrected chi connectivity index (χ2v) is 7.06. The molecule has 1 unspecified atom stereocenters. The zero-order chi connectivity index (χ0) is 18.4. The molecule has 2 aromatic rings. The van der Waals surface area contributed by atoms with Crippen LogP contribution in [-0.4, -0.2) is 29.0 Å². The minimum Gasteiger partial charge on any atom is -0.497 e. The van der Waals surface area contributed by atoms with Crippen molar-refractivity contribution in [3.8, 4) is 5.75 Å². The van der Waals surface area contributed by atoms with Crippen LogP contribution in [0, 0.1) is 5.41 Å². The summed E-state index contributed by atoms with van der Waals surface area (Å²) in [5.74, 6) is 13.0. The van der Waals surface area contributed by atoms with Gasteiger partial charge in [-0.25, -0.2) is 15.8 Å². The van der Waals surface area contributed by atoms with Gasteiger partial charge in [0.2, 0.25) is 0 Å². The lowest BCUT2D eigenvalue weighted by atomic mass is 9.88. The van der Waals surface area contributed by atoms with Crippen LogP contribution in [0.15, 0.2) is 29.6 Å². The van der Waals surface area contributed by atoms with E-state index < -0.39 is 0 Å². The summed E-state index contributed by atoms with van der Waals surface area (Å²) in [6.07, 6.45) is 3.27. The van der Waals surface area contributed by atoms with Crippen LogP contribution in [-0.2, 0) is 0 Å². The fourth-order valence-corrected chi connectivity index (χ4v) is 2.53. The lowest BCUT2D eigenvalue weighted by Crippen LogP contribution is -2.44. The number of nitrogens with one attached hydrogen (secondary N) is 2. The van der Waals surface area contributed by atoms with Crippen LogP contribution in [0.2, 0.25) is 0 Å². The van der Waals surface area contributed by atoms with Gasteiger partial charge in [0.25, 0.3) is 0 Å². The van der Waals surface area contributed by atoms with Crippen molar-refractivity contribution >= 4 is 22.6 Å². The number of methoxy groups -OCH3 is 1. The van der Waals surface area contributed by atoms with E-state index >= 15 is 0 Å². The van der Waals surface area contributed by atoms with Crippen LogP contribution in [0.5, 0.6) is 5.75 Å². The molecule has 0 radical (unpaired) electrons. The third-order valence-corrected chi connectivity index (χ3v) is 3.95. The number of aromatic nitrogens is 2. The molecule has 0 spiro atoms. The predicted molar refractivity (Wildman–Crippen MR) is 101 cm³/mol. The number of hydrogen-bond acceptors (Lipinski definition) is 7. The fourth-order valence-electron chi connectivity index (χ4n) is 2.53. The minimum absolute atomic E-state index is 0.176. The number of hydrazine groups is 1. The van der Waals surface area contributed by atoms with Crippen LogP contribution >= 0.6 is 0 Å². The Bertz CT molecular complexity index is 739. The molecule has 25 heavy (non-hydrogen) atoms. The van der Waals surface area contributed by atoms with Crippen molar-refractivity contribution in [2.75, 3.05) is 12.4 Å². The number of rotatable bonds is 6. The van der Waals surface area contributed by atoms with Crippen molar-refractivity contribution in [3.05, 3.63) is 24.5 Å². The van der Waals surface area contributed by atoms with Gasteiger partial charge in [-0.1, -0.05) is 20.8 Å². The van der Waals surface area contributed by atoms with Gasteiger partial charge < -0.3 is 21.3 Å². The molecule has 1 atom stereocenters. The van der Waals surface area contributed by atoms with Crippen LogP contribution in [0.3, 0.4) is 0 Å². The molecular weight excluding hydrogens is 318 g/mol. The molecule has 136 valence electrons. The number of anilines is 1. The first-order valence-electron chi connectivity index (χ1n) is 8.17. The van der Waals surface area contributed by atoms with Crippen molar-refractivity contribution in [2.24, 2.45) is 22.2 Å². The van der Waals surface area contributed by atoms with Gasteiger partial charge in [-0.15, -0.1) is 0 Å². The average Bonchev–Trinajstić information content (AvgIpc) is 2.59. The van der Waals surface area contributed by atoms with Crippen molar-refractivity contribution in [1.82, 2.24) is 15.4 Å². The van der Waals surface area contributed by atoms with E-state index in [0.717, 1.165) is 29.5 Å². The summed E-state index contributed by atoms with van der Waals surface area (Å²) in [6.45, 7) is 6.56. The molecular formula is C17H27N7O. The van der Waals surface area contributed by atoms with E-state index in [1.54, 1.807) is 7.11 Å². The average molecular weight is 345 g/mol. The highest BCUT2D eigenvalue weighted by atomic mass is 16.5. The van der Waals surface area contributed by atoms with E-state index in [2.05, 4.69) is 46.6 Å². The topological polar surface area (TPSA) is 123 Å². The molecule has 1 aromatic carbocycles.